The summed E-state index contributed by atoms with van der Waals surface area (Å²) in [5, 5.41) is 0. The standard InChI is InChI=1S/C16H32N2/c1-13(2)11-14(12-17)8-10-18-9-4-6-15-5-3-7-16(15)18/h13-16H,3-12,17H2,1-2H3. The monoisotopic (exact) mass is 252 g/mol. The van der Waals surface area contributed by atoms with Crippen LogP contribution in [0.4, 0.5) is 0 Å². The van der Waals surface area contributed by atoms with E-state index in [-0.39, 0.29) is 0 Å². The summed E-state index contributed by atoms with van der Waals surface area (Å²) < 4.78 is 0. The molecule has 2 rings (SSSR count). The molecule has 1 saturated carbocycles. The van der Waals surface area contributed by atoms with E-state index < -0.39 is 0 Å². The summed E-state index contributed by atoms with van der Waals surface area (Å²) in [7, 11) is 0. The van der Waals surface area contributed by atoms with Crippen LogP contribution in [0.1, 0.15) is 58.8 Å². The van der Waals surface area contributed by atoms with E-state index in [0.717, 1.165) is 30.3 Å². The average molecular weight is 252 g/mol. The van der Waals surface area contributed by atoms with Gasteiger partial charge in [0.15, 0.2) is 0 Å². The van der Waals surface area contributed by atoms with Crippen molar-refractivity contribution in [3.05, 3.63) is 0 Å². The SMILES string of the molecule is CC(C)CC(CN)CCN1CCCC2CCCC21. The molecule has 0 aromatic heterocycles. The Morgan fingerprint density at radius 3 is 2.67 bits per heavy atom. The lowest BCUT2D eigenvalue weighted by molar-refractivity contribution is 0.105. The summed E-state index contributed by atoms with van der Waals surface area (Å²) in [6, 6.07) is 0.927. The maximum absolute atomic E-state index is 5.92. The van der Waals surface area contributed by atoms with E-state index in [2.05, 4.69) is 18.7 Å². The predicted molar refractivity (Wildman–Crippen MR) is 78.6 cm³/mol. The Morgan fingerprint density at radius 2 is 1.94 bits per heavy atom. The third-order valence-electron chi connectivity index (χ3n) is 5.07. The second-order valence-electron chi connectivity index (χ2n) is 6.96. The van der Waals surface area contributed by atoms with Crippen molar-refractivity contribution in [3.63, 3.8) is 0 Å². The molecule has 0 bridgehead atoms. The van der Waals surface area contributed by atoms with Crippen LogP contribution in [0.2, 0.25) is 0 Å². The Kier molecular flexibility index (Phi) is 5.50. The second-order valence-corrected chi connectivity index (χ2v) is 6.96. The van der Waals surface area contributed by atoms with E-state index in [4.69, 9.17) is 5.73 Å². The van der Waals surface area contributed by atoms with E-state index in [9.17, 15) is 0 Å². The van der Waals surface area contributed by atoms with Crippen molar-refractivity contribution in [3.8, 4) is 0 Å². The number of nitrogens with zero attached hydrogens (tertiary/aromatic N) is 1. The van der Waals surface area contributed by atoms with Gasteiger partial charge in [-0.05, 0) is 75.9 Å². The van der Waals surface area contributed by atoms with Crippen molar-refractivity contribution in [2.75, 3.05) is 19.6 Å². The van der Waals surface area contributed by atoms with E-state index >= 15 is 0 Å². The molecular formula is C16H32N2. The molecule has 0 aromatic rings. The van der Waals surface area contributed by atoms with Crippen LogP contribution in [0.15, 0.2) is 0 Å². The molecule has 1 saturated heterocycles. The number of rotatable bonds is 6. The summed E-state index contributed by atoms with van der Waals surface area (Å²) in [5.41, 5.74) is 5.92. The molecule has 2 heteroatoms. The number of likely N-dealkylation sites (tertiary alicyclic amines) is 1. The van der Waals surface area contributed by atoms with Crippen LogP contribution in [-0.2, 0) is 0 Å². The van der Waals surface area contributed by atoms with E-state index in [1.54, 1.807) is 0 Å². The third kappa shape index (κ3) is 3.71. The second kappa shape index (κ2) is 6.91. The molecule has 106 valence electrons. The third-order valence-corrected chi connectivity index (χ3v) is 5.07. The van der Waals surface area contributed by atoms with Crippen molar-refractivity contribution < 1.29 is 0 Å². The predicted octanol–water partition coefficient (Wildman–Crippen LogP) is 3.26. The van der Waals surface area contributed by atoms with Gasteiger partial charge in [0.2, 0.25) is 0 Å². The lowest BCUT2D eigenvalue weighted by Crippen LogP contribution is -2.43. The van der Waals surface area contributed by atoms with Gasteiger partial charge < -0.3 is 10.6 Å². The first-order chi connectivity index (χ1) is 8.70. The molecule has 1 heterocycles. The Morgan fingerprint density at radius 1 is 1.17 bits per heavy atom. The summed E-state index contributed by atoms with van der Waals surface area (Å²) in [5.74, 6) is 2.56. The van der Waals surface area contributed by atoms with Crippen molar-refractivity contribution in [1.82, 2.24) is 4.90 Å². The largest absolute Gasteiger partial charge is 0.330 e. The Balaban J connectivity index is 1.77. The minimum absolute atomic E-state index is 0.742. The molecule has 0 radical (unpaired) electrons. The van der Waals surface area contributed by atoms with Crippen molar-refractivity contribution in [2.24, 2.45) is 23.5 Å². The molecule has 0 amide bonds. The Labute approximate surface area is 113 Å². The van der Waals surface area contributed by atoms with E-state index in [0.29, 0.717) is 0 Å². The lowest BCUT2D eigenvalue weighted by atomic mass is 9.90. The van der Waals surface area contributed by atoms with Crippen molar-refractivity contribution >= 4 is 0 Å². The van der Waals surface area contributed by atoms with Crippen LogP contribution in [0, 0.1) is 17.8 Å². The first-order valence-electron chi connectivity index (χ1n) is 8.14. The number of piperidine rings is 1. The zero-order valence-electron chi connectivity index (χ0n) is 12.4. The van der Waals surface area contributed by atoms with E-state index in [1.165, 1.54) is 58.0 Å². The number of nitrogens with two attached hydrogens (primary N) is 1. The molecule has 2 nitrogen and oxygen atoms in total. The molecule has 3 unspecified atom stereocenters. The fourth-order valence-corrected chi connectivity index (χ4v) is 4.18. The van der Waals surface area contributed by atoms with Gasteiger partial charge in [0.25, 0.3) is 0 Å². The van der Waals surface area contributed by atoms with Gasteiger partial charge >= 0.3 is 0 Å². The highest BCUT2D eigenvalue weighted by Gasteiger charge is 2.34. The van der Waals surface area contributed by atoms with Gasteiger partial charge in [-0.25, -0.2) is 0 Å². The van der Waals surface area contributed by atoms with Crippen LogP contribution in [0.5, 0.6) is 0 Å². The molecule has 0 aromatic carbocycles. The normalized spacial score (nSPS) is 30.7. The van der Waals surface area contributed by atoms with Crippen LogP contribution in [0.25, 0.3) is 0 Å². The fourth-order valence-electron chi connectivity index (χ4n) is 4.18. The van der Waals surface area contributed by atoms with Gasteiger partial charge in [-0.2, -0.15) is 0 Å². The minimum atomic E-state index is 0.742. The van der Waals surface area contributed by atoms with Gasteiger partial charge in [-0.3, -0.25) is 0 Å². The average Bonchev–Trinajstić information content (AvgIpc) is 2.82. The molecule has 2 aliphatic rings. The van der Waals surface area contributed by atoms with Crippen molar-refractivity contribution in [2.45, 2.75) is 64.8 Å². The summed E-state index contributed by atoms with van der Waals surface area (Å²) in [6.45, 7) is 8.16. The summed E-state index contributed by atoms with van der Waals surface area (Å²) in [4.78, 5) is 2.80. The molecule has 0 spiro atoms. The summed E-state index contributed by atoms with van der Waals surface area (Å²) >= 11 is 0. The molecule has 2 N–H and O–H groups in total. The van der Waals surface area contributed by atoms with Gasteiger partial charge in [0.05, 0.1) is 0 Å². The Bertz CT molecular complexity index is 239. The molecular weight excluding hydrogens is 220 g/mol. The topological polar surface area (TPSA) is 29.3 Å². The van der Waals surface area contributed by atoms with Gasteiger partial charge in [0, 0.05) is 6.04 Å². The van der Waals surface area contributed by atoms with Gasteiger partial charge in [0.1, 0.15) is 0 Å². The maximum Gasteiger partial charge on any atom is 0.0123 e. The fraction of sp³-hybridized carbons (Fsp3) is 1.00. The molecule has 1 aliphatic carbocycles. The highest BCUT2D eigenvalue weighted by atomic mass is 15.2. The highest BCUT2D eigenvalue weighted by Crippen LogP contribution is 2.36. The smallest absolute Gasteiger partial charge is 0.0123 e. The van der Waals surface area contributed by atoms with Gasteiger partial charge in [-0.15, -0.1) is 0 Å². The lowest BCUT2D eigenvalue weighted by Gasteiger charge is -2.38. The van der Waals surface area contributed by atoms with Crippen LogP contribution < -0.4 is 5.73 Å². The van der Waals surface area contributed by atoms with Crippen LogP contribution in [0.3, 0.4) is 0 Å². The number of hydrogen-bond acceptors (Lipinski definition) is 2. The Hall–Kier alpha value is -0.0800. The number of hydrogen-bond donors (Lipinski definition) is 1. The van der Waals surface area contributed by atoms with Crippen LogP contribution in [-0.4, -0.2) is 30.6 Å². The minimum Gasteiger partial charge on any atom is -0.330 e. The van der Waals surface area contributed by atoms with E-state index in [1.807, 2.05) is 0 Å². The van der Waals surface area contributed by atoms with Crippen LogP contribution >= 0.6 is 0 Å². The molecule has 18 heavy (non-hydrogen) atoms. The highest BCUT2D eigenvalue weighted by molar-refractivity contribution is 4.89. The molecule has 3 atom stereocenters. The zero-order valence-corrected chi connectivity index (χ0v) is 12.4. The first-order valence-corrected chi connectivity index (χ1v) is 8.14. The maximum atomic E-state index is 5.92. The van der Waals surface area contributed by atoms with Gasteiger partial charge in [-0.1, -0.05) is 20.3 Å². The first kappa shape index (κ1) is 14.3. The molecule has 1 aliphatic heterocycles. The quantitative estimate of drug-likeness (QED) is 0.786. The number of fused-ring (bicyclic) bond motifs is 1. The van der Waals surface area contributed by atoms with Crippen molar-refractivity contribution in [1.29, 1.82) is 0 Å². The summed E-state index contributed by atoms with van der Waals surface area (Å²) in [6.07, 6.45) is 9.97. The zero-order chi connectivity index (χ0) is 13.0. The molecule has 2 fully saturated rings.